The number of benzene rings is 1. The quantitative estimate of drug-likeness (QED) is 0.657. The number of alkyl halides is 2. The number of hydrogen-bond donors (Lipinski definition) is 1. The average Bonchev–Trinajstić information content (AvgIpc) is 3.02. The van der Waals surface area contributed by atoms with E-state index in [2.05, 4.69) is 15.3 Å². The molecule has 1 amide bonds. The third-order valence-electron chi connectivity index (χ3n) is 2.55. The molecular formula is C14H12F2N2O4. The van der Waals surface area contributed by atoms with Crippen molar-refractivity contribution in [3.05, 3.63) is 47.9 Å². The summed E-state index contributed by atoms with van der Waals surface area (Å²) in [6.07, 6.45) is 2.51. The molecule has 0 fully saturated rings. The Morgan fingerprint density at radius 3 is 2.82 bits per heavy atom. The Morgan fingerprint density at radius 1 is 1.36 bits per heavy atom. The Morgan fingerprint density at radius 2 is 2.18 bits per heavy atom. The highest BCUT2D eigenvalue weighted by Crippen LogP contribution is 2.31. The number of para-hydroxylation sites is 1. The van der Waals surface area contributed by atoms with Crippen molar-refractivity contribution in [1.82, 2.24) is 5.43 Å². The molecule has 1 heterocycles. The number of hydrogen-bond acceptors (Lipinski definition) is 5. The van der Waals surface area contributed by atoms with Crippen LogP contribution in [0.4, 0.5) is 8.78 Å². The number of nitrogens with zero attached hydrogens (tertiary/aromatic N) is 1. The molecule has 22 heavy (non-hydrogen) atoms. The Hall–Kier alpha value is -2.90. The molecule has 2 rings (SSSR count). The van der Waals surface area contributed by atoms with Gasteiger partial charge in [0.05, 0.1) is 19.6 Å². The van der Waals surface area contributed by atoms with Gasteiger partial charge < -0.3 is 13.9 Å². The minimum Gasteiger partial charge on any atom is -0.493 e. The lowest BCUT2D eigenvalue weighted by atomic mass is 10.2. The average molecular weight is 310 g/mol. The zero-order valence-electron chi connectivity index (χ0n) is 11.5. The summed E-state index contributed by atoms with van der Waals surface area (Å²) in [4.78, 5) is 11.6. The molecular weight excluding hydrogens is 298 g/mol. The monoisotopic (exact) mass is 310 g/mol. The molecule has 1 aromatic carbocycles. The second kappa shape index (κ2) is 7.21. The van der Waals surface area contributed by atoms with E-state index >= 15 is 0 Å². The molecule has 0 bridgehead atoms. The standard InChI is InChI=1S/C14H12F2N2O4/c1-20-10-5-2-4-9(12(10)22-14(15)16)8-17-18-13(19)11-6-3-7-21-11/h2-8,14H,1H3,(H,18,19)/b17-8-. The predicted molar refractivity (Wildman–Crippen MR) is 73.4 cm³/mol. The van der Waals surface area contributed by atoms with E-state index in [1.807, 2.05) is 0 Å². The zero-order chi connectivity index (χ0) is 15.9. The normalized spacial score (nSPS) is 10.9. The van der Waals surface area contributed by atoms with E-state index in [-0.39, 0.29) is 22.8 Å². The minimum absolute atomic E-state index is 0.0758. The molecule has 2 aromatic rings. The van der Waals surface area contributed by atoms with Crippen molar-refractivity contribution in [1.29, 1.82) is 0 Å². The van der Waals surface area contributed by atoms with Gasteiger partial charge >= 0.3 is 12.5 Å². The SMILES string of the molecule is COc1cccc(/C=N\NC(=O)c2ccco2)c1OC(F)F. The minimum atomic E-state index is -3.01. The summed E-state index contributed by atoms with van der Waals surface area (Å²) >= 11 is 0. The van der Waals surface area contributed by atoms with E-state index in [1.54, 1.807) is 12.1 Å². The van der Waals surface area contributed by atoms with Crippen molar-refractivity contribution in [2.24, 2.45) is 5.10 Å². The number of amides is 1. The highest BCUT2D eigenvalue weighted by atomic mass is 19.3. The van der Waals surface area contributed by atoms with Crippen LogP contribution in [0.1, 0.15) is 16.1 Å². The number of ether oxygens (including phenoxy) is 2. The van der Waals surface area contributed by atoms with Crippen molar-refractivity contribution in [2.75, 3.05) is 7.11 Å². The number of nitrogens with one attached hydrogen (secondary N) is 1. The second-order valence-electron chi connectivity index (χ2n) is 3.93. The predicted octanol–water partition coefficient (Wildman–Crippen LogP) is 2.65. The first-order valence-electron chi connectivity index (χ1n) is 6.10. The number of halogens is 2. The van der Waals surface area contributed by atoms with Gasteiger partial charge in [-0.25, -0.2) is 5.43 Å². The molecule has 0 atom stereocenters. The van der Waals surface area contributed by atoms with Gasteiger partial charge in [-0.3, -0.25) is 4.79 Å². The Bertz CT molecular complexity index is 657. The van der Waals surface area contributed by atoms with Gasteiger partial charge in [-0.1, -0.05) is 6.07 Å². The van der Waals surface area contributed by atoms with Gasteiger partial charge in [0.1, 0.15) is 0 Å². The fourth-order valence-corrected chi connectivity index (χ4v) is 1.63. The van der Waals surface area contributed by atoms with Gasteiger partial charge in [-0.2, -0.15) is 13.9 Å². The van der Waals surface area contributed by atoms with Crippen LogP contribution >= 0.6 is 0 Å². The van der Waals surface area contributed by atoms with E-state index in [0.717, 1.165) is 0 Å². The van der Waals surface area contributed by atoms with Crippen LogP contribution in [-0.4, -0.2) is 25.8 Å². The fraction of sp³-hybridized carbons (Fsp3) is 0.143. The summed E-state index contributed by atoms with van der Waals surface area (Å²) in [6.45, 7) is -3.01. The van der Waals surface area contributed by atoms with Crippen LogP contribution < -0.4 is 14.9 Å². The molecule has 0 unspecified atom stereocenters. The summed E-state index contributed by atoms with van der Waals surface area (Å²) in [6, 6.07) is 7.54. The van der Waals surface area contributed by atoms with E-state index in [9.17, 15) is 13.6 Å². The molecule has 0 aliphatic rings. The van der Waals surface area contributed by atoms with Crippen LogP contribution in [0.3, 0.4) is 0 Å². The van der Waals surface area contributed by atoms with Crippen LogP contribution in [0.15, 0.2) is 46.1 Å². The lowest BCUT2D eigenvalue weighted by Gasteiger charge is -2.11. The number of carbonyl (C=O) groups is 1. The lowest BCUT2D eigenvalue weighted by Crippen LogP contribution is -2.17. The van der Waals surface area contributed by atoms with Gasteiger partial charge in [0.2, 0.25) is 0 Å². The first kappa shape index (κ1) is 15.5. The molecule has 0 spiro atoms. The molecule has 0 saturated heterocycles. The number of rotatable bonds is 6. The topological polar surface area (TPSA) is 73.1 Å². The van der Waals surface area contributed by atoms with E-state index in [4.69, 9.17) is 9.15 Å². The third kappa shape index (κ3) is 3.81. The summed E-state index contributed by atoms with van der Waals surface area (Å²) in [5.74, 6) is -0.537. The Labute approximate surface area is 124 Å². The first-order chi connectivity index (χ1) is 10.6. The summed E-state index contributed by atoms with van der Waals surface area (Å²) in [5.41, 5.74) is 2.43. The van der Waals surface area contributed by atoms with Gasteiger partial charge in [-0.05, 0) is 24.3 Å². The van der Waals surface area contributed by atoms with E-state index in [0.29, 0.717) is 0 Å². The summed E-state index contributed by atoms with van der Waals surface area (Å²) in [7, 11) is 1.33. The largest absolute Gasteiger partial charge is 0.493 e. The number of methoxy groups -OCH3 is 1. The maximum absolute atomic E-state index is 12.4. The molecule has 0 aliphatic heterocycles. The van der Waals surface area contributed by atoms with Crippen molar-refractivity contribution < 1.29 is 27.5 Å². The molecule has 1 aromatic heterocycles. The molecule has 6 nitrogen and oxygen atoms in total. The van der Waals surface area contributed by atoms with Crippen LogP contribution in [0.25, 0.3) is 0 Å². The van der Waals surface area contributed by atoms with Crippen LogP contribution in [-0.2, 0) is 0 Å². The molecule has 0 saturated carbocycles. The summed E-state index contributed by atoms with van der Waals surface area (Å²) in [5, 5.41) is 3.68. The maximum atomic E-state index is 12.4. The fourth-order valence-electron chi connectivity index (χ4n) is 1.63. The first-order valence-corrected chi connectivity index (χ1v) is 6.10. The Kier molecular flexibility index (Phi) is 5.07. The van der Waals surface area contributed by atoms with Gasteiger partial charge in [0.15, 0.2) is 17.3 Å². The van der Waals surface area contributed by atoms with Crippen molar-refractivity contribution >= 4 is 12.1 Å². The highest BCUT2D eigenvalue weighted by molar-refractivity contribution is 5.92. The van der Waals surface area contributed by atoms with Gasteiger partial charge in [-0.15, -0.1) is 0 Å². The van der Waals surface area contributed by atoms with Crippen molar-refractivity contribution in [2.45, 2.75) is 6.61 Å². The van der Waals surface area contributed by atoms with Gasteiger partial charge in [0, 0.05) is 5.56 Å². The zero-order valence-corrected chi connectivity index (χ0v) is 11.5. The molecule has 1 N–H and O–H groups in total. The van der Waals surface area contributed by atoms with Gasteiger partial charge in [0.25, 0.3) is 0 Å². The van der Waals surface area contributed by atoms with Crippen LogP contribution in [0.2, 0.25) is 0 Å². The smallest absolute Gasteiger partial charge is 0.387 e. The highest BCUT2D eigenvalue weighted by Gasteiger charge is 2.14. The van der Waals surface area contributed by atoms with Crippen molar-refractivity contribution in [3.8, 4) is 11.5 Å². The van der Waals surface area contributed by atoms with E-state index in [1.165, 1.54) is 37.8 Å². The number of furan rings is 1. The van der Waals surface area contributed by atoms with Crippen LogP contribution in [0.5, 0.6) is 11.5 Å². The van der Waals surface area contributed by atoms with Crippen molar-refractivity contribution in [3.63, 3.8) is 0 Å². The Balaban J connectivity index is 2.14. The number of hydrazone groups is 1. The van der Waals surface area contributed by atoms with Crippen LogP contribution in [0, 0.1) is 0 Å². The number of carbonyl (C=O) groups excluding carboxylic acids is 1. The molecule has 116 valence electrons. The summed E-state index contributed by atoms with van der Waals surface area (Å²) < 4.78 is 39.1. The molecule has 0 aliphatic carbocycles. The lowest BCUT2D eigenvalue weighted by molar-refractivity contribution is -0.0513. The maximum Gasteiger partial charge on any atom is 0.387 e. The second-order valence-corrected chi connectivity index (χ2v) is 3.93. The van der Waals surface area contributed by atoms with E-state index < -0.39 is 12.5 Å². The molecule has 0 radical (unpaired) electrons. The molecule has 8 heteroatoms. The third-order valence-corrected chi connectivity index (χ3v) is 2.55.